The molecule has 0 aromatic carbocycles. The van der Waals surface area contributed by atoms with Crippen molar-refractivity contribution in [1.29, 1.82) is 0 Å². The second-order valence-corrected chi connectivity index (χ2v) is 9.36. The SMILES string of the molecule is CCCCSC(C(=O)OCC)C(c1ccc(COC)o1)P(=O)(OCC)OCC. The average molecular weight is 437 g/mol. The van der Waals surface area contributed by atoms with E-state index in [-0.39, 0.29) is 26.4 Å². The topological polar surface area (TPSA) is 84.2 Å². The van der Waals surface area contributed by atoms with Crippen molar-refractivity contribution in [3.8, 4) is 0 Å². The van der Waals surface area contributed by atoms with Crippen LogP contribution < -0.4 is 0 Å². The standard InChI is InChI=1S/C19H33O7PS/c1-6-10-13-28-18(19(20)23-7-2)17(27(21,24-8-3)25-9-4)16-12-11-15(26-16)14-22-5/h11-12,17-18H,6-10,13-14H2,1-5H3. The van der Waals surface area contributed by atoms with E-state index in [2.05, 4.69) is 6.92 Å². The van der Waals surface area contributed by atoms with Gasteiger partial charge in [0.25, 0.3) is 0 Å². The van der Waals surface area contributed by atoms with E-state index in [1.807, 2.05) is 0 Å². The maximum atomic E-state index is 13.7. The number of rotatable bonds is 15. The molecule has 162 valence electrons. The number of thioether (sulfide) groups is 1. The van der Waals surface area contributed by atoms with Crippen LogP contribution in [0, 0.1) is 0 Å². The molecule has 1 rings (SSSR count). The predicted octanol–water partition coefficient (Wildman–Crippen LogP) is 5.20. The molecule has 0 bridgehead atoms. The summed E-state index contributed by atoms with van der Waals surface area (Å²) in [7, 11) is -2.13. The summed E-state index contributed by atoms with van der Waals surface area (Å²) in [6.07, 6.45) is 1.91. The van der Waals surface area contributed by atoms with E-state index in [1.54, 1.807) is 40.0 Å². The van der Waals surface area contributed by atoms with Gasteiger partial charge in [-0.1, -0.05) is 13.3 Å². The molecule has 0 aliphatic rings. The Kier molecular flexibility index (Phi) is 12.1. The molecule has 0 saturated carbocycles. The fourth-order valence-corrected chi connectivity index (χ4v) is 6.62. The van der Waals surface area contributed by atoms with Crippen LogP contribution in [-0.2, 0) is 34.5 Å². The van der Waals surface area contributed by atoms with Gasteiger partial charge < -0.3 is 22.9 Å². The Labute approximate surface area is 172 Å². The molecule has 0 aliphatic carbocycles. The van der Waals surface area contributed by atoms with Crippen molar-refractivity contribution < 1.29 is 32.3 Å². The summed E-state index contributed by atoms with van der Waals surface area (Å²) in [6, 6.07) is 3.45. The first-order valence-electron chi connectivity index (χ1n) is 9.71. The monoisotopic (exact) mass is 436 g/mol. The van der Waals surface area contributed by atoms with Gasteiger partial charge in [0.15, 0.2) is 0 Å². The zero-order valence-electron chi connectivity index (χ0n) is 17.5. The van der Waals surface area contributed by atoms with Gasteiger partial charge in [-0.15, -0.1) is 11.8 Å². The van der Waals surface area contributed by atoms with Crippen LogP contribution >= 0.6 is 19.4 Å². The van der Waals surface area contributed by atoms with E-state index in [0.717, 1.165) is 18.6 Å². The second-order valence-electron chi connectivity index (χ2n) is 5.95. The fraction of sp³-hybridized carbons (Fsp3) is 0.737. The van der Waals surface area contributed by atoms with Crippen LogP contribution in [0.2, 0.25) is 0 Å². The van der Waals surface area contributed by atoms with Crippen molar-refractivity contribution >= 4 is 25.3 Å². The number of ether oxygens (including phenoxy) is 2. The largest absolute Gasteiger partial charge is 0.465 e. The number of hydrogen-bond donors (Lipinski definition) is 0. The lowest BCUT2D eigenvalue weighted by molar-refractivity contribution is -0.142. The molecule has 9 heteroatoms. The van der Waals surface area contributed by atoms with Crippen LogP contribution in [0.15, 0.2) is 16.5 Å². The highest BCUT2D eigenvalue weighted by Crippen LogP contribution is 2.64. The van der Waals surface area contributed by atoms with Crippen molar-refractivity contribution in [3.05, 3.63) is 23.7 Å². The van der Waals surface area contributed by atoms with Crippen molar-refractivity contribution in [2.24, 2.45) is 0 Å². The highest BCUT2D eigenvalue weighted by atomic mass is 32.2. The lowest BCUT2D eigenvalue weighted by Crippen LogP contribution is -2.29. The van der Waals surface area contributed by atoms with E-state index >= 15 is 0 Å². The van der Waals surface area contributed by atoms with Gasteiger partial charge in [0, 0.05) is 7.11 Å². The number of methoxy groups -OCH3 is 1. The Hall–Kier alpha value is -0.790. The maximum Gasteiger partial charge on any atom is 0.342 e. The Bertz CT molecular complexity index is 609. The molecule has 0 N–H and O–H groups in total. The first-order chi connectivity index (χ1) is 13.5. The molecule has 0 fully saturated rings. The molecule has 0 spiro atoms. The molecule has 28 heavy (non-hydrogen) atoms. The summed E-state index contributed by atoms with van der Waals surface area (Å²) in [5.74, 6) is 1.22. The molecule has 7 nitrogen and oxygen atoms in total. The van der Waals surface area contributed by atoms with E-state index in [4.69, 9.17) is 22.9 Å². The van der Waals surface area contributed by atoms with E-state index in [9.17, 15) is 9.36 Å². The summed E-state index contributed by atoms with van der Waals surface area (Å²) in [5, 5.41) is -0.767. The van der Waals surface area contributed by atoms with Crippen LogP contribution in [0.25, 0.3) is 0 Å². The molecule has 0 amide bonds. The van der Waals surface area contributed by atoms with Gasteiger partial charge in [-0.25, -0.2) is 0 Å². The number of furan rings is 1. The number of carbonyl (C=O) groups is 1. The highest BCUT2D eigenvalue weighted by molar-refractivity contribution is 8.00. The molecule has 1 aromatic rings. The Morgan fingerprint density at radius 2 is 1.82 bits per heavy atom. The van der Waals surface area contributed by atoms with E-state index in [0.29, 0.717) is 11.5 Å². The zero-order valence-corrected chi connectivity index (χ0v) is 19.2. The summed E-state index contributed by atoms with van der Waals surface area (Å²) >= 11 is 1.40. The molecule has 0 radical (unpaired) electrons. The molecular weight excluding hydrogens is 403 g/mol. The minimum absolute atomic E-state index is 0.189. The van der Waals surface area contributed by atoms with Gasteiger partial charge in [0.2, 0.25) is 0 Å². The van der Waals surface area contributed by atoms with E-state index in [1.165, 1.54) is 11.8 Å². The summed E-state index contributed by atoms with van der Waals surface area (Å²) in [6.45, 7) is 8.18. The number of carbonyl (C=O) groups excluding carboxylic acids is 1. The summed E-state index contributed by atoms with van der Waals surface area (Å²) in [4.78, 5) is 12.8. The van der Waals surface area contributed by atoms with Crippen LogP contribution in [0.3, 0.4) is 0 Å². The molecule has 2 unspecified atom stereocenters. The first-order valence-corrected chi connectivity index (χ1v) is 12.4. The van der Waals surface area contributed by atoms with Crippen LogP contribution in [-0.4, -0.2) is 43.9 Å². The lowest BCUT2D eigenvalue weighted by atomic mass is 10.2. The Morgan fingerprint density at radius 1 is 1.14 bits per heavy atom. The third-order valence-corrected chi connectivity index (χ3v) is 7.84. The third-order valence-electron chi connectivity index (χ3n) is 3.82. The summed E-state index contributed by atoms with van der Waals surface area (Å²) in [5.41, 5.74) is -0.904. The van der Waals surface area contributed by atoms with Crippen molar-refractivity contribution in [2.75, 3.05) is 32.7 Å². The Balaban J connectivity index is 3.40. The smallest absolute Gasteiger partial charge is 0.342 e. The molecule has 1 heterocycles. The Morgan fingerprint density at radius 3 is 2.36 bits per heavy atom. The van der Waals surface area contributed by atoms with Gasteiger partial charge in [0.05, 0.1) is 19.8 Å². The van der Waals surface area contributed by atoms with Crippen LogP contribution in [0.5, 0.6) is 0 Å². The second kappa shape index (κ2) is 13.4. The molecular formula is C19H33O7PS. The van der Waals surface area contributed by atoms with Crippen molar-refractivity contribution in [3.63, 3.8) is 0 Å². The number of esters is 1. The number of unbranched alkanes of at least 4 members (excludes halogenated alkanes) is 1. The summed E-state index contributed by atoms with van der Waals surface area (Å²) < 4.78 is 41.1. The maximum absolute atomic E-state index is 13.7. The van der Waals surface area contributed by atoms with Gasteiger partial charge >= 0.3 is 13.6 Å². The quantitative estimate of drug-likeness (QED) is 0.211. The van der Waals surface area contributed by atoms with Gasteiger partial charge in [-0.05, 0) is 45.1 Å². The molecule has 0 aliphatic heterocycles. The minimum Gasteiger partial charge on any atom is -0.465 e. The van der Waals surface area contributed by atoms with Gasteiger partial charge in [0.1, 0.15) is 29.0 Å². The van der Waals surface area contributed by atoms with Gasteiger partial charge in [-0.2, -0.15) is 0 Å². The zero-order chi connectivity index (χ0) is 21.0. The average Bonchev–Trinajstić information content (AvgIpc) is 3.09. The third kappa shape index (κ3) is 7.23. The lowest BCUT2D eigenvalue weighted by Gasteiger charge is -2.29. The van der Waals surface area contributed by atoms with Crippen molar-refractivity contribution in [2.45, 2.75) is 58.1 Å². The number of hydrogen-bond acceptors (Lipinski definition) is 8. The minimum atomic E-state index is -3.70. The van der Waals surface area contributed by atoms with Gasteiger partial charge in [-0.3, -0.25) is 9.36 Å². The van der Waals surface area contributed by atoms with Crippen LogP contribution in [0.1, 0.15) is 57.7 Å². The van der Waals surface area contributed by atoms with E-state index < -0.39 is 24.5 Å². The highest BCUT2D eigenvalue weighted by Gasteiger charge is 2.48. The molecule has 2 atom stereocenters. The first kappa shape index (κ1) is 25.2. The van der Waals surface area contributed by atoms with Crippen LogP contribution in [0.4, 0.5) is 0 Å². The van der Waals surface area contributed by atoms with Crippen molar-refractivity contribution in [1.82, 2.24) is 0 Å². The normalized spacial score (nSPS) is 14.0. The fourth-order valence-electron chi connectivity index (χ4n) is 2.67. The predicted molar refractivity (Wildman–Crippen MR) is 111 cm³/mol. The molecule has 1 aromatic heterocycles. The molecule has 0 saturated heterocycles.